The number of nitrogens with two attached hydrogens (primary N) is 1. The van der Waals surface area contributed by atoms with Crippen LogP contribution in [0.4, 0.5) is 5.69 Å². The van der Waals surface area contributed by atoms with Crippen LogP contribution in [0.2, 0.25) is 0 Å². The normalized spacial score (nSPS) is 10.1. The van der Waals surface area contributed by atoms with Crippen molar-refractivity contribution in [3.63, 3.8) is 0 Å². The summed E-state index contributed by atoms with van der Waals surface area (Å²) in [6.45, 7) is 2.36. The fourth-order valence-electron chi connectivity index (χ4n) is 1.45. The number of amides is 1. The van der Waals surface area contributed by atoms with E-state index >= 15 is 0 Å². The molecule has 0 saturated carbocycles. The fraction of sp³-hybridized carbons (Fsp3) is 0.182. The molecule has 0 aliphatic heterocycles. The van der Waals surface area contributed by atoms with Gasteiger partial charge in [-0.2, -0.15) is 0 Å². The molecule has 2 aromatic rings. The maximum atomic E-state index is 12.0. The molecule has 2 rings (SSSR count). The summed E-state index contributed by atoms with van der Waals surface area (Å²) >= 11 is 1.51. The highest BCUT2D eigenvalue weighted by atomic mass is 32.1. The highest BCUT2D eigenvalue weighted by Crippen LogP contribution is 2.14. The van der Waals surface area contributed by atoms with Crippen LogP contribution in [0.15, 0.2) is 24.0 Å². The van der Waals surface area contributed by atoms with Gasteiger partial charge in [-0.1, -0.05) is 0 Å². The van der Waals surface area contributed by atoms with E-state index in [-0.39, 0.29) is 5.91 Å². The lowest BCUT2D eigenvalue weighted by Crippen LogP contribution is -2.24. The number of hydrogen-bond donors (Lipinski definition) is 3. The summed E-state index contributed by atoms with van der Waals surface area (Å²) in [7, 11) is 0. The van der Waals surface area contributed by atoms with Crippen molar-refractivity contribution in [2.75, 3.05) is 5.43 Å². The molecule has 0 radical (unpaired) electrons. The SMILES string of the molecule is Cc1ncsc1CNC(=O)c1cnccc1NN. The monoisotopic (exact) mass is 263 g/mol. The van der Waals surface area contributed by atoms with Gasteiger partial charge in [0.1, 0.15) is 0 Å². The number of nitrogens with one attached hydrogen (secondary N) is 2. The van der Waals surface area contributed by atoms with Crippen LogP contribution in [0, 0.1) is 6.92 Å². The van der Waals surface area contributed by atoms with Gasteiger partial charge in [0, 0.05) is 17.3 Å². The topological polar surface area (TPSA) is 92.9 Å². The van der Waals surface area contributed by atoms with E-state index in [1.54, 1.807) is 17.8 Å². The van der Waals surface area contributed by atoms with Crippen molar-refractivity contribution in [3.8, 4) is 0 Å². The van der Waals surface area contributed by atoms with Gasteiger partial charge in [-0.05, 0) is 13.0 Å². The van der Waals surface area contributed by atoms with E-state index in [4.69, 9.17) is 5.84 Å². The van der Waals surface area contributed by atoms with Crippen molar-refractivity contribution in [3.05, 3.63) is 40.1 Å². The van der Waals surface area contributed by atoms with Crippen LogP contribution in [0.3, 0.4) is 0 Å². The lowest BCUT2D eigenvalue weighted by molar-refractivity contribution is 0.0951. The number of pyridine rings is 1. The lowest BCUT2D eigenvalue weighted by atomic mass is 10.2. The minimum atomic E-state index is -0.219. The molecule has 0 saturated heterocycles. The Kier molecular flexibility index (Phi) is 3.85. The van der Waals surface area contributed by atoms with Crippen molar-refractivity contribution in [1.29, 1.82) is 0 Å². The first kappa shape index (κ1) is 12.5. The van der Waals surface area contributed by atoms with E-state index in [1.807, 2.05) is 6.92 Å². The number of nitrogen functional groups attached to an aromatic ring is 1. The number of carbonyl (C=O) groups is 1. The molecule has 18 heavy (non-hydrogen) atoms. The molecule has 6 nitrogen and oxygen atoms in total. The Morgan fingerprint density at radius 1 is 1.56 bits per heavy atom. The van der Waals surface area contributed by atoms with Crippen LogP contribution >= 0.6 is 11.3 Å². The Morgan fingerprint density at radius 3 is 3.06 bits per heavy atom. The van der Waals surface area contributed by atoms with Crippen molar-refractivity contribution >= 4 is 22.9 Å². The number of nitrogens with zero attached hydrogens (tertiary/aromatic N) is 2. The molecule has 0 fully saturated rings. The average Bonchev–Trinajstić information content (AvgIpc) is 2.81. The van der Waals surface area contributed by atoms with Crippen molar-refractivity contribution in [1.82, 2.24) is 15.3 Å². The minimum absolute atomic E-state index is 0.219. The first-order valence-electron chi connectivity index (χ1n) is 5.30. The molecular weight excluding hydrogens is 250 g/mol. The summed E-state index contributed by atoms with van der Waals surface area (Å²) in [4.78, 5) is 21.0. The van der Waals surface area contributed by atoms with Gasteiger partial charge >= 0.3 is 0 Å². The van der Waals surface area contributed by atoms with Crippen LogP contribution in [0.1, 0.15) is 20.9 Å². The maximum Gasteiger partial charge on any atom is 0.255 e. The number of hydrogen-bond acceptors (Lipinski definition) is 6. The van der Waals surface area contributed by atoms with Crippen molar-refractivity contribution in [2.24, 2.45) is 5.84 Å². The number of thiazole rings is 1. The Balaban J connectivity index is 2.06. The summed E-state index contributed by atoms with van der Waals surface area (Å²) in [5, 5.41) is 2.81. The number of anilines is 1. The van der Waals surface area contributed by atoms with Crippen molar-refractivity contribution in [2.45, 2.75) is 13.5 Å². The first-order chi connectivity index (χ1) is 8.72. The molecule has 2 heterocycles. The van der Waals surface area contributed by atoms with E-state index in [1.165, 1.54) is 17.5 Å². The van der Waals surface area contributed by atoms with Gasteiger partial charge in [-0.25, -0.2) is 4.98 Å². The fourth-order valence-corrected chi connectivity index (χ4v) is 2.17. The largest absolute Gasteiger partial charge is 0.347 e. The van der Waals surface area contributed by atoms with E-state index in [9.17, 15) is 4.79 Å². The number of carbonyl (C=O) groups excluding carboxylic acids is 1. The van der Waals surface area contributed by atoms with Crippen molar-refractivity contribution < 1.29 is 4.79 Å². The summed E-state index contributed by atoms with van der Waals surface area (Å²) in [6, 6.07) is 1.65. The lowest BCUT2D eigenvalue weighted by Gasteiger charge is -2.08. The Bertz CT molecular complexity index is 554. The van der Waals surface area contributed by atoms with E-state index in [2.05, 4.69) is 20.7 Å². The number of rotatable bonds is 4. The van der Waals surface area contributed by atoms with Gasteiger partial charge in [0.25, 0.3) is 5.91 Å². The predicted molar refractivity (Wildman–Crippen MR) is 70.1 cm³/mol. The molecule has 7 heteroatoms. The van der Waals surface area contributed by atoms with E-state index in [0.717, 1.165) is 10.6 Å². The molecule has 0 atom stereocenters. The van der Waals surface area contributed by atoms with E-state index in [0.29, 0.717) is 17.8 Å². The van der Waals surface area contributed by atoms with Gasteiger partial charge in [0.05, 0.1) is 29.0 Å². The first-order valence-corrected chi connectivity index (χ1v) is 6.18. The summed E-state index contributed by atoms with van der Waals surface area (Å²) < 4.78 is 0. The van der Waals surface area contributed by atoms with Gasteiger partial charge in [-0.15, -0.1) is 11.3 Å². The predicted octanol–water partition coefficient (Wildman–Crippen LogP) is 1.06. The second-order valence-corrected chi connectivity index (χ2v) is 4.55. The smallest absolute Gasteiger partial charge is 0.255 e. The van der Waals surface area contributed by atoms with Crippen LogP contribution in [-0.2, 0) is 6.54 Å². The van der Waals surface area contributed by atoms with Crippen LogP contribution in [0.25, 0.3) is 0 Å². The molecule has 4 N–H and O–H groups in total. The van der Waals surface area contributed by atoms with Gasteiger partial charge < -0.3 is 10.7 Å². The molecule has 0 aliphatic rings. The van der Waals surface area contributed by atoms with Gasteiger partial charge in [0.2, 0.25) is 0 Å². The van der Waals surface area contributed by atoms with E-state index < -0.39 is 0 Å². The van der Waals surface area contributed by atoms with Gasteiger partial charge in [-0.3, -0.25) is 15.6 Å². The summed E-state index contributed by atoms with van der Waals surface area (Å²) in [5.74, 6) is 5.12. The van der Waals surface area contributed by atoms with Crippen LogP contribution < -0.4 is 16.6 Å². The van der Waals surface area contributed by atoms with Crippen LogP contribution in [-0.4, -0.2) is 15.9 Å². The maximum absolute atomic E-state index is 12.0. The zero-order valence-electron chi connectivity index (χ0n) is 9.80. The molecule has 0 aromatic carbocycles. The average molecular weight is 263 g/mol. The molecule has 0 bridgehead atoms. The Labute approximate surface area is 108 Å². The third kappa shape index (κ3) is 2.63. The van der Waals surface area contributed by atoms with Crippen LogP contribution in [0.5, 0.6) is 0 Å². The third-order valence-electron chi connectivity index (χ3n) is 2.48. The standard InChI is InChI=1S/C11H13N5OS/c1-7-10(18-6-15-7)5-14-11(17)8-4-13-3-2-9(8)16-12/h2-4,6H,5,12H2,1H3,(H,13,16)(H,14,17). The molecule has 94 valence electrons. The molecule has 0 unspecified atom stereocenters. The molecule has 2 aromatic heterocycles. The second kappa shape index (κ2) is 5.56. The summed E-state index contributed by atoms with van der Waals surface area (Å²) in [5.41, 5.74) is 6.13. The molecule has 0 spiro atoms. The third-order valence-corrected chi connectivity index (χ3v) is 3.41. The minimum Gasteiger partial charge on any atom is -0.347 e. The zero-order chi connectivity index (χ0) is 13.0. The number of aryl methyl sites for hydroxylation is 1. The zero-order valence-corrected chi connectivity index (χ0v) is 10.6. The van der Waals surface area contributed by atoms with Gasteiger partial charge in [0.15, 0.2) is 0 Å². The molecule has 0 aliphatic carbocycles. The Morgan fingerprint density at radius 2 is 2.39 bits per heavy atom. The highest BCUT2D eigenvalue weighted by Gasteiger charge is 2.11. The molecular formula is C11H13N5OS. The molecule has 1 amide bonds. The second-order valence-electron chi connectivity index (χ2n) is 3.61. The highest BCUT2D eigenvalue weighted by molar-refractivity contribution is 7.09. The summed E-state index contributed by atoms with van der Waals surface area (Å²) in [6.07, 6.45) is 3.05. The number of aromatic nitrogens is 2. The quantitative estimate of drug-likeness (QED) is 0.566. The Hall–Kier alpha value is -1.99. The number of hydrazine groups is 1.